The Hall–Kier alpha value is -2.77. The zero-order chi connectivity index (χ0) is 20.6. The first-order valence-corrected chi connectivity index (χ1v) is 12.0. The van der Waals surface area contributed by atoms with Gasteiger partial charge < -0.3 is 5.32 Å². The van der Waals surface area contributed by atoms with Gasteiger partial charge in [0.2, 0.25) is 0 Å². The summed E-state index contributed by atoms with van der Waals surface area (Å²) >= 11 is 1.61. The fraction of sp³-hybridized carbons (Fsp3) is 0.182. The number of hydrogen-bond acceptors (Lipinski definition) is 6. The summed E-state index contributed by atoms with van der Waals surface area (Å²) in [7, 11) is -3.21. The van der Waals surface area contributed by atoms with Gasteiger partial charge >= 0.3 is 0 Å². The van der Waals surface area contributed by atoms with Crippen molar-refractivity contribution in [1.82, 2.24) is 9.97 Å². The molecule has 2 aromatic heterocycles. The molecule has 0 aliphatic rings. The van der Waals surface area contributed by atoms with E-state index < -0.39 is 9.84 Å². The van der Waals surface area contributed by atoms with E-state index in [0.717, 1.165) is 32.7 Å². The molecule has 2 aromatic carbocycles. The Morgan fingerprint density at radius 3 is 2.34 bits per heavy atom. The van der Waals surface area contributed by atoms with Gasteiger partial charge in [0, 0.05) is 23.2 Å². The largest absolute Gasteiger partial charge is 0.363 e. The van der Waals surface area contributed by atoms with Gasteiger partial charge in [0.25, 0.3) is 0 Å². The Bertz CT molecular complexity index is 1260. The lowest BCUT2D eigenvalue weighted by molar-refractivity contribution is 0.602. The normalized spacial score (nSPS) is 12.8. The van der Waals surface area contributed by atoms with Crippen LogP contribution in [0.1, 0.15) is 24.4 Å². The number of sulfone groups is 1. The van der Waals surface area contributed by atoms with Gasteiger partial charge in [0.05, 0.1) is 10.3 Å². The summed E-state index contributed by atoms with van der Waals surface area (Å²) in [6.07, 6.45) is 1.21. The molecular weight excluding hydrogens is 402 g/mol. The molecule has 5 nitrogen and oxygen atoms in total. The second-order valence-corrected chi connectivity index (χ2v) is 9.90. The molecule has 0 aliphatic carbocycles. The third kappa shape index (κ3) is 4.02. The molecule has 29 heavy (non-hydrogen) atoms. The average molecular weight is 424 g/mol. The highest BCUT2D eigenvalue weighted by molar-refractivity contribution is 7.90. The van der Waals surface area contributed by atoms with E-state index in [-0.39, 0.29) is 6.04 Å². The minimum absolute atomic E-state index is 0.0513. The Balaban J connectivity index is 1.73. The Morgan fingerprint density at radius 1 is 1.00 bits per heavy atom. The zero-order valence-electron chi connectivity index (χ0n) is 16.4. The van der Waals surface area contributed by atoms with Crippen molar-refractivity contribution in [2.24, 2.45) is 0 Å². The van der Waals surface area contributed by atoms with Crippen LogP contribution in [0.5, 0.6) is 0 Å². The first-order valence-electron chi connectivity index (χ1n) is 9.21. The van der Waals surface area contributed by atoms with Crippen molar-refractivity contribution < 1.29 is 8.42 Å². The summed E-state index contributed by atoms with van der Waals surface area (Å²) in [5.41, 5.74) is 3.21. The molecule has 1 atom stereocenters. The van der Waals surface area contributed by atoms with Crippen LogP contribution in [0, 0.1) is 6.92 Å². The van der Waals surface area contributed by atoms with Gasteiger partial charge in [0.15, 0.2) is 9.84 Å². The van der Waals surface area contributed by atoms with Crippen LogP contribution in [0.25, 0.3) is 21.3 Å². The van der Waals surface area contributed by atoms with Gasteiger partial charge in [-0.05, 0) is 37.1 Å². The standard InChI is InChI=1S/C22H21N3O2S2/c1-14(16-9-11-18(12-10-16)29(3,26)27)23-21-20-19(17-7-5-4-6-8-17)13-28-22(20)25-15(2)24-21/h4-14H,1-3H3,(H,23,24,25). The Kier molecular flexibility index (Phi) is 5.10. The van der Waals surface area contributed by atoms with Crippen LogP contribution in [-0.4, -0.2) is 24.6 Å². The van der Waals surface area contributed by atoms with Crippen LogP contribution < -0.4 is 5.32 Å². The number of nitrogens with zero attached hydrogens (tertiary/aromatic N) is 2. The quantitative estimate of drug-likeness (QED) is 0.475. The fourth-order valence-electron chi connectivity index (χ4n) is 3.28. The zero-order valence-corrected chi connectivity index (χ0v) is 18.0. The molecule has 0 radical (unpaired) electrons. The van der Waals surface area contributed by atoms with Gasteiger partial charge in [-0.15, -0.1) is 11.3 Å². The lowest BCUT2D eigenvalue weighted by atomic mass is 10.1. The van der Waals surface area contributed by atoms with Crippen molar-refractivity contribution >= 4 is 37.2 Å². The van der Waals surface area contributed by atoms with Crippen LogP contribution >= 0.6 is 11.3 Å². The Labute approximate surface area is 174 Å². The van der Waals surface area contributed by atoms with E-state index in [0.29, 0.717) is 10.7 Å². The van der Waals surface area contributed by atoms with Crippen LogP contribution in [0.15, 0.2) is 64.9 Å². The van der Waals surface area contributed by atoms with Crippen molar-refractivity contribution in [3.63, 3.8) is 0 Å². The van der Waals surface area contributed by atoms with E-state index in [1.54, 1.807) is 23.5 Å². The van der Waals surface area contributed by atoms with E-state index in [2.05, 4.69) is 32.8 Å². The van der Waals surface area contributed by atoms with Gasteiger partial charge in [-0.3, -0.25) is 0 Å². The number of aryl methyl sites for hydroxylation is 1. The SMILES string of the molecule is Cc1nc(NC(C)c2ccc(S(C)(=O)=O)cc2)c2c(-c3ccccc3)csc2n1. The Morgan fingerprint density at radius 2 is 1.69 bits per heavy atom. The van der Waals surface area contributed by atoms with E-state index in [9.17, 15) is 8.42 Å². The molecule has 0 saturated heterocycles. The second kappa shape index (κ2) is 7.57. The van der Waals surface area contributed by atoms with Crippen LogP contribution in [0.4, 0.5) is 5.82 Å². The molecule has 2 heterocycles. The number of hydrogen-bond donors (Lipinski definition) is 1. The minimum Gasteiger partial charge on any atom is -0.363 e. The third-order valence-corrected chi connectivity index (χ3v) is 6.79. The van der Waals surface area contributed by atoms with Gasteiger partial charge in [-0.2, -0.15) is 0 Å². The van der Waals surface area contributed by atoms with Crippen LogP contribution in [0.2, 0.25) is 0 Å². The summed E-state index contributed by atoms with van der Waals surface area (Å²) < 4.78 is 23.4. The summed E-state index contributed by atoms with van der Waals surface area (Å²) in [5.74, 6) is 1.49. The predicted octanol–water partition coefficient (Wildman–Crippen LogP) is 5.24. The molecule has 0 saturated carbocycles. The molecule has 148 valence electrons. The summed E-state index contributed by atoms with van der Waals surface area (Å²) in [4.78, 5) is 10.5. The first kappa shape index (κ1) is 19.5. The fourth-order valence-corrected chi connectivity index (χ4v) is 4.90. The maximum Gasteiger partial charge on any atom is 0.175 e. The van der Waals surface area contributed by atoms with Crippen LogP contribution in [0.3, 0.4) is 0 Å². The lowest BCUT2D eigenvalue weighted by Gasteiger charge is -2.17. The minimum atomic E-state index is -3.21. The third-order valence-electron chi connectivity index (χ3n) is 4.79. The number of benzene rings is 2. The summed E-state index contributed by atoms with van der Waals surface area (Å²) in [6, 6.07) is 17.1. The van der Waals surface area contributed by atoms with Crippen molar-refractivity contribution in [2.45, 2.75) is 24.8 Å². The molecule has 1 unspecified atom stereocenters. The monoisotopic (exact) mass is 423 g/mol. The van der Waals surface area contributed by atoms with Crippen molar-refractivity contribution in [3.8, 4) is 11.1 Å². The molecule has 0 aliphatic heterocycles. The predicted molar refractivity (Wildman–Crippen MR) is 119 cm³/mol. The number of fused-ring (bicyclic) bond motifs is 1. The van der Waals surface area contributed by atoms with E-state index in [4.69, 9.17) is 0 Å². The van der Waals surface area contributed by atoms with Crippen molar-refractivity contribution in [3.05, 3.63) is 71.4 Å². The van der Waals surface area contributed by atoms with Crippen LogP contribution in [-0.2, 0) is 9.84 Å². The topological polar surface area (TPSA) is 72.0 Å². The number of aromatic nitrogens is 2. The second-order valence-electron chi connectivity index (χ2n) is 7.02. The van der Waals surface area contributed by atoms with Gasteiger partial charge in [-0.25, -0.2) is 18.4 Å². The highest BCUT2D eigenvalue weighted by Gasteiger charge is 2.17. The molecular formula is C22H21N3O2S2. The number of rotatable bonds is 5. The van der Waals surface area contributed by atoms with E-state index in [1.165, 1.54) is 6.26 Å². The molecule has 4 aromatic rings. The van der Waals surface area contributed by atoms with Gasteiger partial charge in [-0.1, -0.05) is 42.5 Å². The maximum atomic E-state index is 11.7. The van der Waals surface area contributed by atoms with Gasteiger partial charge in [0.1, 0.15) is 16.5 Å². The smallest absolute Gasteiger partial charge is 0.175 e. The molecule has 0 fully saturated rings. The van der Waals surface area contributed by atoms with E-state index in [1.807, 2.05) is 44.2 Å². The average Bonchev–Trinajstić information content (AvgIpc) is 3.12. The lowest BCUT2D eigenvalue weighted by Crippen LogP contribution is -2.10. The number of anilines is 1. The van der Waals surface area contributed by atoms with Crippen molar-refractivity contribution in [2.75, 3.05) is 11.6 Å². The van der Waals surface area contributed by atoms with Crippen molar-refractivity contribution in [1.29, 1.82) is 0 Å². The molecule has 7 heteroatoms. The first-order chi connectivity index (χ1) is 13.8. The number of nitrogens with one attached hydrogen (secondary N) is 1. The summed E-state index contributed by atoms with van der Waals surface area (Å²) in [6.45, 7) is 3.92. The number of thiophene rings is 1. The maximum absolute atomic E-state index is 11.7. The molecule has 0 amide bonds. The molecule has 0 spiro atoms. The molecule has 4 rings (SSSR count). The molecule has 1 N–H and O–H groups in total. The molecule has 0 bridgehead atoms. The van der Waals surface area contributed by atoms with E-state index >= 15 is 0 Å². The highest BCUT2D eigenvalue weighted by Crippen LogP contribution is 2.37. The summed E-state index contributed by atoms with van der Waals surface area (Å²) in [5, 5.41) is 6.62. The highest BCUT2D eigenvalue weighted by atomic mass is 32.2.